The van der Waals surface area contributed by atoms with Gasteiger partial charge in [0.2, 0.25) is 0 Å². The van der Waals surface area contributed by atoms with Gasteiger partial charge in [-0.1, -0.05) is 36.4 Å². The zero-order valence-electron chi connectivity index (χ0n) is 13.6. The van der Waals surface area contributed by atoms with Crippen molar-refractivity contribution in [1.82, 2.24) is 4.90 Å². The first kappa shape index (κ1) is 16.3. The van der Waals surface area contributed by atoms with Crippen LogP contribution in [0.15, 0.2) is 65.7 Å². The number of para-hydroxylation sites is 1. The molecule has 3 rings (SSSR count). The van der Waals surface area contributed by atoms with Crippen molar-refractivity contribution < 1.29 is 13.2 Å². The number of benzene rings is 2. The highest BCUT2D eigenvalue weighted by Gasteiger charge is 2.34. The monoisotopic (exact) mass is 342 g/mol. The van der Waals surface area contributed by atoms with Crippen molar-refractivity contribution in [3.63, 3.8) is 0 Å². The van der Waals surface area contributed by atoms with Crippen LogP contribution in [0.1, 0.15) is 15.9 Å². The molecule has 0 N–H and O–H groups in total. The Hall–Kier alpha value is -2.60. The van der Waals surface area contributed by atoms with Gasteiger partial charge < -0.3 is 4.90 Å². The van der Waals surface area contributed by atoms with E-state index in [1.54, 1.807) is 55.6 Å². The first-order valence-electron chi connectivity index (χ1n) is 7.46. The van der Waals surface area contributed by atoms with Crippen LogP contribution in [0.25, 0.3) is 0 Å². The summed E-state index contributed by atoms with van der Waals surface area (Å²) >= 11 is 0. The highest BCUT2D eigenvalue weighted by molar-refractivity contribution is 7.93. The van der Waals surface area contributed by atoms with Crippen LogP contribution in [0.2, 0.25) is 0 Å². The lowest BCUT2D eigenvalue weighted by atomic mass is 10.1. The summed E-state index contributed by atoms with van der Waals surface area (Å²) in [6.07, 6.45) is 0. The topological polar surface area (TPSA) is 57.7 Å². The van der Waals surface area contributed by atoms with Crippen molar-refractivity contribution in [2.75, 3.05) is 17.9 Å². The number of fused-ring (bicyclic) bond motifs is 1. The second-order valence-corrected chi connectivity index (χ2v) is 7.61. The molecule has 1 aliphatic rings. The van der Waals surface area contributed by atoms with E-state index in [2.05, 4.69) is 6.58 Å². The number of carbonyl (C=O) groups is 1. The number of rotatable bonds is 2. The summed E-state index contributed by atoms with van der Waals surface area (Å²) in [6, 6.07) is 13.3. The Bertz CT molecular complexity index is 918. The number of anilines is 1. The molecule has 0 saturated carbocycles. The van der Waals surface area contributed by atoms with E-state index >= 15 is 0 Å². The Kier molecular flexibility index (Phi) is 3.93. The van der Waals surface area contributed by atoms with Gasteiger partial charge in [0, 0.05) is 12.7 Å². The summed E-state index contributed by atoms with van der Waals surface area (Å²) in [5.41, 5.74) is 1.97. The quantitative estimate of drug-likeness (QED) is 0.843. The number of amides is 1. The maximum Gasteiger partial charge on any atom is 0.268 e. The fourth-order valence-electron chi connectivity index (χ4n) is 2.73. The lowest BCUT2D eigenvalue weighted by molar-refractivity contribution is 0.0811. The largest absolute Gasteiger partial charge is 0.336 e. The van der Waals surface area contributed by atoms with Gasteiger partial charge in [0.1, 0.15) is 0 Å². The lowest BCUT2D eigenvalue weighted by Crippen LogP contribution is -2.33. The number of aryl methyl sites for hydroxylation is 1. The second-order valence-electron chi connectivity index (χ2n) is 5.83. The molecule has 0 saturated heterocycles. The first-order valence-corrected chi connectivity index (χ1v) is 8.90. The second kappa shape index (κ2) is 5.79. The molecule has 1 amide bonds. The SMILES string of the molecule is C=C1CN(C)C(=O)c2ccccc2N1S(=O)(=O)c1ccc(C)cc1. The van der Waals surface area contributed by atoms with E-state index in [-0.39, 0.29) is 17.3 Å². The van der Waals surface area contributed by atoms with Crippen LogP contribution in [-0.2, 0) is 10.0 Å². The minimum atomic E-state index is -3.86. The number of carbonyl (C=O) groups excluding carboxylic acids is 1. The molecule has 2 aromatic carbocycles. The summed E-state index contributed by atoms with van der Waals surface area (Å²) in [7, 11) is -2.23. The first-order chi connectivity index (χ1) is 11.3. The van der Waals surface area contributed by atoms with Gasteiger partial charge in [0.25, 0.3) is 15.9 Å². The summed E-state index contributed by atoms with van der Waals surface area (Å²) in [6.45, 7) is 5.93. The van der Waals surface area contributed by atoms with Gasteiger partial charge in [-0.05, 0) is 31.2 Å². The summed E-state index contributed by atoms with van der Waals surface area (Å²) in [4.78, 5) is 14.1. The van der Waals surface area contributed by atoms with E-state index in [0.29, 0.717) is 16.9 Å². The number of nitrogens with zero attached hydrogens (tertiary/aromatic N) is 2. The molecule has 0 spiro atoms. The average molecular weight is 342 g/mol. The van der Waals surface area contributed by atoms with Gasteiger partial charge in [-0.3, -0.25) is 4.79 Å². The van der Waals surface area contributed by atoms with Crippen molar-refractivity contribution in [3.05, 3.63) is 71.9 Å². The van der Waals surface area contributed by atoms with Gasteiger partial charge >= 0.3 is 0 Å². The predicted octanol–water partition coefficient (Wildman–Crippen LogP) is 2.79. The molecule has 0 aliphatic carbocycles. The molecule has 124 valence electrons. The number of sulfonamides is 1. The van der Waals surface area contributed by atoms with E-state index in [1.165, 1.54) is 9.21 Å². The average Bonchev–Trinajstić information content (AvgIpc) is 2.63. The Labute approximate surface area is 141 Å². The molecular formula is C18H18N2O3S. The summed E-state index contributed by atoms with van der Waals surface area (Å²) < 4.78 is 27.5. The summed E-state index contributed by atoms with van der Waals surface area (Å²) in [5.74, 6) is -0.228. The smallest absolute Gasteiger partial charge is 0.268 e. The number of likely N-dealkylation sites (N-methyl/N-ethyl adjacent to an activating group) is 1. The fraction of sp³-hybridized carbons (Fsp3) is 0.167. The van der Waals surface area contributed by atoms with Gasteiger partial charge in [-0.25, -0.2) is 12.7 Å². The molecule has 5 nitrogen and oxygen atoms in total. The molecule has 0 atom stereocenters. The van der Waals surface area contributed by atoms with E-state index in [4.69, 9.17) is 0 Å². The van der Waals surface area contributed by atoms with Crippen LogP contribution in [0.4, 0.5) is 5.69 Å². The molecule has 0 radical (unpaired) electrons. The number of hydrogen-bond donors (Lipinski definition) is 0. The van der Waals surface area contributed by atoms with E-state index < -0.39 is 10.0 Å². The zero-order chi connectivity index (χ0) is 17.5. The third-order valence-corrected chi connectivity index (χ3v) is 5.77. The Morgan fingerprint density at radius 3 is 2.33 bits per heavy atom. The standard InChI is InChI=1S/C18H18N2O3S/c1-13-8-10-15(11-9-13)24(22,23)20-14(2)12-19(3)18(21)16-6-4-5-7-17(16)20/h4-11H,2,12H2,1,3H3. The van der Waals surface area contributed by atoms with Crippen molar-refractivity contribution in [1.29, 1.82) is 0 Å². The minimum absolute atomic E-state index is 0.138. The molecule has 6 heteroatoms. The maximum absolute atomic E-state index is 13.2. The van der Waals surface area contributed by atoms with Gasteiger partial charge in [-0.2, -0.15) is 0 Å². The molecule has 0 fully saturated rings. The van der Waals surface area contributed by atoms with Crippen LogP contribution >= 0.6 is 0 Å². The molecular weight excluding hydrogens is 324 g/mol. The van der Waals surface area contributed by atoms with Gasteiger partial charge in [0.15, 0.2) is 0 Å². The van der Waals surface area contributed by atoms with E-state index in [9.17, 15) is 13.2 Å². The van der Waals surface area contributed by atoms with Gasteiger partial charge in [0.05, 0.1) is 22.7 Å². The van der Waals surface area contributed by atoms with Crippen molar-refractivity contribution >= 4 is 21.6 Å². The van der Waals surface area contributed by atoms with Crippen molar-refractivity contribution in [2.45, 2.75) is 11.8 Å². The van der Waals surface area contributed by atoms with Crippen LogP contribution in [0.3, 0.4) is 0 Å². The zero-order valence-corrected chi connectivity index (χ0v) is 14.4. The van der Waals surface area contributed by atoms with Crippen LogP contribution < -0.4 is 4.31 Å². The molecule has 2 aromatic rings. The molecule has 1 aliphatic heterocycles. The van der Waals surface area contributed by atoms with Crippen LogP contribution in [0, 0.1) is 6.92 Å². The van der Waals surface area contributed by atoms with Crippen LogP contribution in [-0.4, -0.2) is 32.8 Å². The van der Waals surface area contributed by atoms with Crippen molar-refractivity contribution in [2.24, 2.45) is 0 Å². The Balaban J connectivity index is 2.22. The van der Waals surface area contributed by atoms with Crippen LogP contribution in [0.5, 0.6) is 0 Å². The highest BCUT2D eigenvalue weighted by Crippen LogP contribution is 2.33. The predicted molar refractivity (Wildman–Crippen MR) is 93.4 cm³/mol. The van der Waals surface area contributed by atoms with Crippen molar-refractivity contribution in [3.8, 4) is 0 Å². The fourth-order valence-corrected chi connectivity index (χ4v) is 4.24. The molecule has 0 aromatic heterocycles. The summed E-state index contributed by atoms with van der Waals surface area (Å²) in [5, 5.41) is 0. The minimum Gasteiger partial charge on any atom is -0.336 e. The number of hydrogen-bond acceptors (Lipinski definition) is 3. The lowest BCUT2D eigenvalue weighted by Gasteiger charge is -2.25. The normalized spacial score (nSPS) is 15.2. The Morgan fingerprint density at radius 1 is 1.04 bits per heavy atom. The van der Waals surface area contributed by atoms with Gasteiger partial charge in [-0.15, -0.1) is 0 Å². The highest BCUT2D eigenvalue weighted by atomic mass is 32.2. The third-order valence-electron chi connectivity index (χ3n) is 3.97. The third kappa shape index (κ3) is 2.59. The molecule has 0 bridgehead atoms. The maximum atomic E-state index is 13.2. The molecule has 24 heavy (non-hydrogen) atoms. The Morgan fingerprint density at radius 2 is 1.67 bits per heavy atom. The molecule has 0 unspecified atom stereocenters. The molecule has 1 heterocycles. The van der Waals surface area contributed by atoms with E-state index in [0.717, 1.165) is 5.56 Å². The van der Waals surface area contributed by atoms with E-state index in [1.807, 2.05) is 6.92 Å².